The van der Waals surface area contributed by atoms with Crippen LogP contribution in [0, 0.1) is 11.3 Å². The maximum atomic E-state index is 12.7. The summed E-state index contributed by atoms with van der Waals surface area (Å²) < 4.78 is 0. The van der Waals surface area contributed by atoms with Gasteiger partial charge in [-0.05, 0) is 45.6 Å². The summed E-state index contributed by atoms with van der Waals surface area (Å²) in [5, 5.41) is 9.24. The number of rotatable bonds is 5. The van der Waals surface area contributed by atoms with E-state index < -0.39 is 6.04 Å². The molecule has 1 saturated carbocycles. The number of carbonyl (C=O) groups excluding carboxylic acids is 2. The molecule has 0 aromatic heterocycles. The quantitative estimate of drug-likeness (QED) is 0.713. The predicted molar refractivity (Wildman–Crippen MR) is 82.8 cm³/mol. The second-order valence-electron chi connectivity index (χ2n) is 6.74. The van der Waals surface area contributed by atoms with Gasteiger partial charge in [-0.25, -0.2) is 0 Å². The van der Waals surface area contributed by atoms with Gasteiger partial charge in [-0.3, -0.25) is 9.59 Å². The SMILES string of the molecule is CCC(C)NC(=O)C(C)NC(=O)[C@@]12CCCC[C@H]1CNC2. The molecule has 2 rings (SSSR count). The van der Waals surface area contributed by atoms with Crippen LogP contribution < -0.4 is 16.0 Å². The van der Waals surface area contributed by atoms with E-state index in [0.29, 0.717) is 5.92 Å². The van der Waals surface area contributed by atoms with Gasteiger partial charge in [0.25, 0.3) is 0 Å². The van der Waals surface area contributed by atoms with Gasteiger partial charge in [-0.1, -0.05) is 19.8 Å². The van der Waals surface area contributed by atoms with Crippen LogP contribution in [0.2, 0.25) is 0 Å². The molecule has 2 fully saturated rings. The molecule has 0 bridgehead atoms. The van der Waals surface area contributed by atoms with Crippen molar-refractivity contribution in [2.75, 3.05) is 13.1 Å². The summed E-state index contributed by atoms with van der Waals surface area (Å²) in [7, 11) is 0. The Morgan fingerprint density at radius 1 is 1.29 bits per heavy atom. The van der Waals surface area contributed by atoms with E-state index in [1.165, 1.54) is 6.42 Å². The standard InChI is InChI=1S/C16H29N3O2/c1-4-11(2)18-14(20)12(3)19-15(21)16-8-6-5-7-13(16)9-17-10-16/h11-13,17H,4-10H2,1-3H3,(H,18,20)(H,19,21)/t11?,12?,13-,16+/m0/s1. The van der Waals surface area contributed by atoms with Crippen LogP contribution in [0.1, 0.15) is 52.9 Å². The fourth-order valence-electron chi connectivity index (χ4n) is 3.57. The monoisotopic (exact) mass is 295 g/mol. The minimum absolute atomic E-state index is 0.0593. The van der Waals surface area contributed by atoms with Crippen LogP contribution in [-0.2, 0) is 9.59 Å². The molecule has 1 heterocycles. The number of nitrogens with one attached hydrogen (secondary N) is 3. The Hall–Kier alpha value is -1.10. The molecule has 0 radical (unpaired) electrons. The highest BCUT2D eigenvalue weighted by Crippen LogP contribution is 2.43. The van der Waals surface area contributed by atoms with Crippen LogP contribution in [0.25, 0.3) is 0 Å². The average Bonchev–Trinajstić information content (AvgIpc) is 2.91. The topological polar surface area (TPSA) is 70.2 Å². The van der Waals surface area contributed by atoms with Crippen molar-refractivity contribution in [1.29, 1.82) is 0 Å². The number of amides is 2. The lowest BCUT2D eigenvalue weighted by atomic mass is 9.67. The first-order chi connectivity index (χ1) is 9.99. The summed E-state index contributed by atoms with van der Waals surface area (Å²) in [6, 6.07) is -0.324. The van der Waals surface area contributed by atoms with Crippen molar-refractivity contribution in [2.24, 2.45) is 11.3 Å². The van der Waals surface area contributed by atoms with E-state index in [9.17, 15) is 9.59 Å². The maximum Gasteiger partial charge on any atom is 0.242 e. The van der Waals surface area contributed by atoms with Crippen molar-refractivity contribution in [3.05, 3.63) is 0 Å². The second kappa shape index (κ2) is 6.77. The van der Waals surface area contributed by atoms with E-state index in [2.05, 4.69) is 16.0 Å². The third-order valence-electron chi connectivity index (χ3n) is 5.23. The molecule has 0 aromatic rings. The van der Waals surface area contributed by atoms with Crippen molar-refractivity contribution < 1.29 is 9.59 Å². The Kier molecular flexibility index (Phi) is 5.25. The van der Waals surface area contributed by atoms with Gasteiger partial charge in [0, 0.05) is 12.6 Å². The highest BCUT2D eigenvalue weighted by atomic mass is 16.2. The minimum atomic E-state index is -0.468. The van der Waals surface area contributed by atoms with Gasteiger partial charge in [-0.15, -0.1) is 0 Å². The maximum absolute atomic E-state index is 12.7. The second-order valence-corrected chi connectivity index (χ2v) is 6.74. The summed E-state index contributed by atoms with van der Waals surface area (Å²) in [5.74, 6) is 0.396. The normalized spacial score (nSPS) is 31.1. The van der Waals surface area contributed by atoms with Crippen molar-refractivity contribution in [2.45, 2.75) is 65.0 Å². The molecule has 1 saturated heterocycles. The Labute approximate surface area is 127 Å². The van der Waals surface area contributed by atoms with Crippen molar-refractivity contribution in [3.8, 4) is 0 Å². The highest BCUT2D eigenvalue weighted by molar-refractivity contribution is 5.90. The van der Waals surface area contributed by atoms with E-state index >= 15 is 0 Å². The predicted octanol–water partition coefficient (Wildman–Crippen LogP) is 1.19. The van der Waals surface area contributed by atoms with E-state index in [4.69, 9.17) is 0 Å². The number of hydrogen-bond acceptors (Lipinski definition) is 3. The Morgan fingerprint density at radius 3 is 2.76 bits per heavy atom. The number of fused-ring (bicyclic) bond motifs is 1. The zero-order valence-corrected chi connectivity index (χ0v) is 13.5. The average molecular weight is 295 g/mol. The Bertz CT molecular complexity index is 399. The molecule has 0 aromatic carbocycles. The summed E-state index contributed by atoms with van der Waals surface area (Å²) in [6.45, 7) is 7.46. The van der Waals surface area contributed by atoms with Gasteiger partial charge in [0.15, 0.2) is 0 Å². The number of carbonyl (C=O) groups is 2. The molecular weight excluding hydrogens is 266 g/mol. The molecule has 1 aliphatic heterocycles. The molecule has 2 aliphatic rings. The van der Waals surface area contributed by atoms with Gasteiger partial charge >= 0.3 is 0 Å². The Balaban J connectivity index is 1.95. The minimum Gasteiger partial charge on any atom is -0.352 e. The first kappa shape index (κ1) is 16.3. The summed E-state index contributed by atoms with van der Waals surface area (Å²) in [5.41, 5.74) is -0.289. The largest absolute Gasteiger partial charge is 0.352 e. The molecule has 5 nitrogen and oxygen atoms in total. The molecule has 0 spiro atoms. The third kappa shape index (κ3) is 3.39. The van der Waals surface area contributed by atoms with Gasteiger partial charge in [0.05, 0.1) is 5.41 Å². The van der Waals surface area contributed by atoms with Crippen LogP contribution in [0.3, 0.4) is 0 Å². The number of hydrogen-bond donors (Lipinski definition) is 3. The molecule has 2 unspecified atom stereocenters. The molecule has 5 heteroatoms. The van der Waals surface area contributed by atoms with E-state index in [1.807, 2.05) is 13.8 Å². The first-order valence-corrected chi connectivity index (χ1v) is 8.31. The summed E-state index contributed by atoms with van der Waals surface area (Å²) >= 11 is 0. The fraction of sp³-hybridized carbons (Fsp3) is 0.875. The smallest absolute Gasteiger partial charge is 0.242 e. The molecule has 120 valence electrons. The lowest BCUT2D eigenvalue weighted by Gasteiger charge is -2.37. The van der Waals surface area contributed by atoms with Crippen LogP contribution >= 0.6 is 0 Å². The van der Waals surface area contributed by atoms with Gasteiger partial charge in [0.2, 0.25) is 11.8 Å². The van der Waals surface area contributed by atoms with Crippen LogP contribution in [-0.4, -0.2) is 37.0 Å². The van der Waals surface area contributed by atoms with E-state index in [1.54, 1.807) is 6.92 Å². The lowest BCUT2D eigenvalue weighted by molar-refractivity contribution is -0.137. The van der Waals surface area contributed by atoms with Crippen molar-refractivity contribution >= 4 is 11.8 Å². The van der Waals surface area contributed by atoms with Gasteiger partial charge < -0.3 is 16.0 Å². The molecule has 4 atom stereocenters. The van der Waals surface area contributed by atoms with E-state index in [0.717, 1.165) is 38.8 Å². The highest BCUT2D eigenvalue weighted by Gasteiger charge is 2.50. The summed E-state index contributed by atoms with van der Waals surface area (Å²) in [4.78, 5) is 24.8. The van der Waals surface area contributed by atoms with Crippen LogP contribution in [0.4, 0.5) is 0 Å². The Morgan fingerprint density at radius 2 is 2.05 bits per heavy atom. The van der Waals surface area contributed by atoms with E-state index in [-0.39, 0.29) is 23.3 Å². The van der Waals surface area contributed by atoms with Crippen LogP contribution in [0.15, 0.2) is 0 Å². The molecular formula is C16H29N3O2. The van der Waals surface area contributed by atoms with Gasteiger partial charge in [-0.2, -0.15) is 0 Å². The lowest BCUT2D eigenvalue weighted by Crippen LogP contribution is -2.54. The zero-order chi connectivity index (χ0) is 15.5. The van der Waals surface area contributed by atoms with Crippen molar-refractivity contribution in [3.63, 3.8) is 0 Å². The van der Waals surface area contributed by atoms with Gasteiger partial charge in [0.1, 0.15) is 6.04 Å². The zero-order valence-electron chi connectivity index (χ0n) is 13.5. The molecule has 21 heavy (non-hydrogen) atoms. The fourth-order valence-corrected chi connectivity index (χ4v) is 3.57. The molecule has 2 amide bonds. The first-order valence-electron chi connectivity index (χ1n) is 8.31. The summed E-state index contributed by atoms with van der Waals surface area (Å²) in [6.07, 6.45) is 5.27. The van der Waals surface area contributed by atoms with Crippen LogP contribution in [0.5, 0.6) is 0 Å². The molecule has 3 N–H and O–H groups in total. The molecule has 1 aliphatic carbocycles. The third-order valence-corrected chi connectivity index (χ3v) is 5.23. The van der Waals surface area contributed by atoms with Crippen molar-refractivity contribution in [1.82, 2.24) is 16.0 Å².